The van der Waals surface area contributed by atoms with Crippen molar-refractivity contribution in [2.45, 2.75) is 89.5 Å². The van der Waals surface area contributed by atoms with Gasteiger partial charge < -0.3 is 38.4 Å². The molecule has 0 radical (unpaired) electrons. The zero-order valence-electron chi connectivity index (χ0n) is 42.2. The molecule has 2 aromatic heterocycles. The monoisotopic (exact) mass is 970 g/mol. The molecule has 2 saturated heterocycles. The van der Waals surface area contributed by atoms with E-state index in [1.54, 1.807) is 14.2 Å². The van der Waals surface area contributed by atoms with Crippen LogP contribution in [0.4, 0.5) is 0 Å². The van der Waals surface area contributed by atoms with Gasteiger partial charge in [-0.2, -0.15) is 0 Å². The number of ether oxygens (including phenoxy) is 6. The lowest BCUT2D eigenvalue weighted by molar-refractivity contribution is -0.177. The molecule has 12 heteroatoms. The summed E-state index contributed by atoms with van der Waals surface area (Å²) in [5.74, 6) is 1.64. The first-order chi connectivity index (χ1) is 35.0. The van der Waals surface area contributed by atoms with E-state index in [2.05, 4.69) is 82.1 Å². The molecule has 374 valence electrons. The molecular weight excluding hydrogens is 905 g/mol. The molecule has 10 rings (SSSR count). The van der Waals surface area contributed by atoms with Crippen molar-refractivity contribution in [3.8, 4) is 23.0 Å². The average molecular weight is 971 g/mol. The molecule has 12 nitrogen and oxygen atoms in total. The van der Waals surface area contributed by atoms with Gasteiger partial charge in [0.1, 0.15) is 48.4 Å². The minimum Gasteiger partial charge on any atom is -0.496 e. The number of hydrogen-bond donors (Lipinski definition) is 2. The second-order valence-electron chi connectivity index (χ2n) is 20.0. The maximum atomic E-state index is 14.1. The first kappa shape index (κ1) is 48.6. The maximum absolute atomic E-state index is 14.1. The van der Waals surface area contributed by atoms with Gasteiger partial charge in [0.2, 0.25) is 0 Å². The fourth-order valence-electron chi connectivity index (χ4n) is 11.3. The van der Waals surface area contributed by atoms with Crippen LogP contribution in [0.25, 0.3) is 43.4 Å². The number of aromatic nitrogens is 2. The first-order valence-electron chi connectivity index (χ1n) is 25.5. The molecule has 4 heterocycles. The Morgan fingerprint density at radius 2 is 0.958 bits per heavy atom. The number of carbonyl (C=O) groups excluding carboxylic acids is 2. The highest BCUT2D eigenvalue weighted by Gasteiger charge is 2.34. The normalized spacial score (nSPS) is 19.6. The van der Waals surface area contributed by atoms with Crippen LogP contribution in [0.3, 0.4) is 0 Å². The number of methoxy groups -OCH3 is 2. The Kier molecular flexibility index (Phi) is 14.4. The Labute approximate surface area is 421 Å². The van der Waals surface area contributed by atoms with E-state index >= 15 is 0 Å². The molecule has 2 N–H and O–H groups in total. The van der Waals surface area contributed by atoms with Crippen molar-refractivity contribution in [2.24, 2.45) is 0 Å². The number of benzene rings is 6. The van der Waals surface area contributed by atoms with Crippen LogP contribution in [-0.4, -0.2) is 110 Å². The predicted octanol–water partition coefficient (Wildman–Crippen LogP) is 11.4. The van der Waals surface area contributed by atoms with Crippen LogP contribution >= 0.6 is 0 Å². The minimum atomic E-state index is -1.06. The molecule has 0 saturated carbocycles. The molecule has 72 heavy (non-hydrogen) atoms. The highest BCUT2D eigenvalue weighted by atomic mass is 16.6. The lowest BCUT2D eigenvalue weighted by atomic mass is 9.85. The number of nitrogens with zero attached hydrogens (tertiary/aromatic N) is 2. The summed E-state index contributed by atoms with van der Waals surface area (Å²) >= 11 is 0. The van der Waals surface area contributed by atoms with Crippen LogP contribution in [0.1, 0.15) is 73.9 Å². The summed E-state index contributed by atoms with van der Waals surface area (Å²) in [7, 11) is 3.43. The molecule has 0 amide bonds. The van der Waals surface area contributed by atoms with Gasteiger partial charge in [-0.3, -0.25) is 9.80 Å². The quantitative estimate of drug-likeness (QED) is 0.0713. The van der Waals surface area contributed by atoms with Crippen molar-refractivity contribution in [2.75, 3.05) is 53.6 Å². The van der Waals surface area contributed by atoms with E-state index in [0.29, 0.717) is 36.4 Å². The molecule has 2 aliphatic rings. The summed E-state index contributed by atoms with van der Waals surface area (Å²) in [4.78, 5) is 39.7. The minimum absolute atomic E-state index is 0.0442. The van der Waals surface area contributed by atoms with Crippen molar-refractivity contribution in [1.29, 1.82) is 0 Å². The highest BCUT2D eigenvalue weighted by Crippen LogP contribution is 2.38. The largest absolute Gasteiger partial charge is 0.496 e. The van der Waals surface area contributed by atoms with Crippen molar-refractivity contribution in [3.63, 3.8) is 0 Å². The van der Waals surface area contributed by atoms with Gasteiger partial charge in [-0.25, -0.2) is 9.59 Å². The number of aryl methyl sites for hydroxylation is 2. The van der Waals surface area contributed by atoms with Crippen molar-refractivity contribution in [3.05, 3.63) is 144 Å². The van der Waals surface area contributed by atoms with Gasteiger partial charge >= 0.3 is 11.9 Å². The summed E-state index contributed by atoms with van der Waals surface area (Å²) in [5, 5.41) is 6.38. The number of fused-ring (bicyclic) bond motifs is 4. The maximum Gasteiger partial charge on any atom is 0.417 e. The van der Waals surface area contributed by atoms with Crippen molar-refractivity contribution >= 4 is 55.3 Å². The number of nitrogens with one attached hydrogen (secondary N) is 2. The van der Waals surface area contributed by atoms with Crippen LogP contribution in [0, 0.1) is 13.8 Å². The lowest BCUT2D eigenvalue weighted by Crippen LogP contribution is -2.48. The lowest BCUT2D eigenvalue weighted by Gasteiger charge is -2.39. The fourth-order valence-corrected chi connectivity index (χ4v) is 11.3. The Balaban J connectivity index is 0.846. The molecule has 0 aliphatic carbocycles. The van der Waals surface area contributed by atoms with E-state index in [1.807, 2.05) is 86.6 Å². The SMILES string of the molecule is COc1cccc2ccc([C@H]3CCN(C[C@@H](COc4cccc5[nH]c(C)cc45)OC(=O)C(=O)O[C@H](COc4cccc5[nH]c(C)cc45)CN4CC[C@H](c5ccc6cccc(OC)c6c5)C[C@H]4C)[C@H](C)C3)cc12. The Morgan fingerprint density at radius 1 is 0.542 bits per heavy atom. The number of hydrogen-bond acceptors (Lipinski definition) is 10. The third-order valence-corrected chi connectivity index (χ3v) is 15.1. The van der Waals surface area contributed by atoms with Gasteiger partial charge in [0.05, 0.1) is 14.2 Å². The molecule has 6 atom stereocenters. The van der Waals surface area contributed by atoms with Gasteiger partial charge in [-0.1, -0.05) is 60.7 Å². The van der Waals surface area contributed by atoms with Crippen LogP contribution in [-0.2, 0) is 19.1 Å². The molecular formula is C60H66N4O8. The van der Waals surface area contributed by atoms with E-state index in [0.717, 1.165) is 105 Å². The van der Waals surface area contributed by atoms with Gasteiger partial charge in [-0.05, 0) is 161 Å². The van der Waals surface area contributed by atoms with Gasteiger partial charge in [-0.15, -0.1) is 0 Å². The smallest absolute Gasteiger partial charge is 0.417 e. The third kappa shape index (κ3) is 10.6. The molecule has 0 spiro atoms. The number of esters is 2. The highest BCUT2D eigenvalue weighted by molar-refractivity contribution is 6.29. The Hall–Kier alpha value is -7.02. The number of carbonyl (C=O) groups is 2. The number of aromatic amines is 2. The summed E-state index contributed by atoms with van der Waals surface area (Å²) < 4.78 is 36.7. The molecule has 6 aromatic carbocycles. The molecule has 0 unspecified atom stereocenters. The zero-order chi connectivity index (χ0) is 49.9. The fraction of sp³-hybridized carbons (Fsp3) is 0.367. The van der Waals surface area contributed by atoms with Gasteiger partial charge in [0.25, 0.3) is 0 Å². The van der Waals surface area contributed by atoms with Gasteiger partial charge in [0.15, 0.2) is 0 Å². The zero-order valence-corrected chi connectivity index (χ0v) is 42.2. The first-order valence-corrected chi connectivity index (χ1v) is 25.5. The summed E-state index contributed by atoms with van der Waals surface area (Å²) in [6, 6.07) is 41.7. The number of H-pyrrole nitrogens is 2. The molecule has 8 aromatic rings. The van der Waals surface area contributed by atoms with Crippen molar-refractivity contribution < 1.29 is 38.0 Å². The van der Waals surface area contributed by atoms with Crippen LogP contribution in [0.2, 0.25) is 0 Å². The number of piperidine rings is 2. The van der Waals surface area contributed by atoms with Crippen molar-refractivity contribution in [1.82, 2.24) is 19.8 Å². The second kappa shape index (κ2) is 21.4. The Bertz CT molecular complexity index is 3000. The van der Waals surface area contributed by atoms with E-state index in [1.165, 1.54) is 11.1 Å². The predicted molar refractivity (Wildman–Crippen MR) is 284 cm³/mol. The summed E-state index contributed by atoms with van der Waals surface area (Å²) in [6.07, 6.45) is 2.11. The Morgan fingerprint density at radius 3 is 1.38 bits per heavy atom. The van der Waals surface area contributed by atoms with Crippen LogP contribution in [0.15, 0.2) is 121 Å². The van der Waals surface area contributed by atoms with E-state index < -0.39 is 24.1 Å². The standard InChI is InChI=1S/C60H66N4O8/c1-37-27-51-53(61-37)13-9-17-57(51)69-35-47(33-63-25-23-45(29-39(63)3)43-21-19-41-11-7-15-55(67-5)49(41)31-43)71-59(65)60(66)72-48(36-70-58-18-10-14-54-52(58)28-38(2)62-54)34-64-26-24-46(30-40(64)4)44-22-20-42-12-8-16-56(68-6)50(42)32-44/h7-22,27-28,31-32,39-40,45-48,61-62H,23-26,29-30,33-36H2,1-6H3/t39-,40-,45+,46+,47+,48+/m1/s1. The summed E-state index contributed by atoms with van der Waals surface area (Å²) in [5.41, 5.74) is 6.49. The van der Waals surface area contributed by atoms with E-state index in [4.69, 9.17) is 28.4 Å². The topological polar surface area (TPSA) is 128 Å². The third-order valence-electron chi connectivity index (χ3n) is 15.1. The van der Waals surface area contributed by atoms with E-state index in [9.17, 15) is 9.59 Å². The van der Waals surface area contributed by atoms with Crippen LogP contribution in [0.5, 0.6) is 23.0 Å². The summed E-state index contributed by atoms with van der Waals surface area (Å²) in [6.45, 7) is 10.8. The van der Waals surface area contributed by atoms with Crippen LogP contribution < -0.4 is 18.9 Å². The molecule has 2 fully saturated rings. The average Bonchev–Trinajstić information content (AvgIpc) is 3.98. The molecule has 0 bridgehead atoms. The van der Waals surface area contributed by atoms with Gasteiger partial charge in [0, 0.05) is 69.1 Å². The van der Waals surface area contributed by atoms with E-state index in [-0.39, 0.29) is 25.3 Å². The second-order valence-corrected chi connectivity index (χ2v) is 20.0. The number of rotatable bonds is 16. The number of likely N-dealkylation sites (tertiary alicyclic amines) is 2. The molecule has 2 aliphatic heterocycles.